The first-order valence-electron chi connectivity index (χ1n) is 16.4. The molecule has 1 unspecified atom stereocenters. The Morgan fingerprint density at radius 2 is 1.83 bits per heavy atom. The van der Waals surface area contributed by atoms with E-state index in [1.54, 1.807) is 36.1 Å². The minimum atomic E-state index is -1.38. The van der Waals surface area contributed by atoms with Crippen molar-refractivity contribution in [2.45, 2.75) is 74.8 Å². The van der Waals surface area contributed by atoms with Crippen molar-refractivity contribution in [1.29, 1.82) is 0 Å². The number of anilines is 1. The fourth-order valence-electron chi connectivity index (χ4n) is 7.68. The lowest BCUT2D eigenvalue weighted by atomic mass is 9.70. The number of benzene rings is 2. The largest absolute Gasteiger partial charge is 0.460 e. The van der Waals surface area contributed by atoms with E-state index >= 15 is 4.79 Å². The number of hydrogen-bond donors (Lipinski definition) is 2. The van der Waals surface area contributed by atoms with Crippen molar-refractivity contribution in [2.24, 2.45) is 11.8 Å². The first kappa shape index (κ1) is 35.5. The minimum Gasteiger partial charge on any atom is -0.460 e. The molecule has 256 valence electrons. The van der Waals surface area contributed by atoms with Gasteiger partial charge in [0.2, 0.25) is 11.8 Å². The van der Waals surface area contributed by atoms with E-state index in [0.29, 0.717) is 24.1 Å². The third kappa shape index (κ3) is 6.35. The van der Waals surface area contributed by atoms with E-state index in [1.165, 1.54) is 4.90 Å². The monoisotopic (exact) mass is 721 g/mol. The molecule has 0 aliphatic carbocycles. The zero-order chi connectivity index (χ0) is 34.7. The highest BCUT2D eigenvalue weighted by Gasteiger charge is 2.77. The van der Waals surface area contributed by atoms with Gasteiger partial charge in [-0.25, -0.2) is 0 Å². The zero-order valence-corrected chi connectivity index (χ0v) is 29.2. The molecule has 0 aromatic heterocycles. The fourth-order valence-corrected chi connectivity index (χ4v) is 8.62. The van der Waals surface area contributed by atoms with Crippen LogP contribution in [0.1, 0.15) is 48.9 Å². The Labute approximate surface area is 290 Å². The van der Waals surface area contributed by atoms with E-state index in [9.17, 15) is 19.5 Å². The van der Waals surface area contributed by atoms with E-state index in [4.69, 9.17) is 9.47 Å². The molecule has 2 bridgehead atoms. The van der Waals surface area contributed by atoms with Crippen LogP contribution in [0.5, 0.6) is 0 Å². The highest BCUT2D eigenvalue weighted by atomic mass is 79.9. The van der Waals surface area contributed by atoms with E-state index in [-0.39, 0.29) is 36.2 Å². The van der Waals surface area contributed by atoms with Crippen LogP contribution < -0.4 is 10.2 Å². The molecular formula is C37H44BrN3O7. The highest BCUT2D eigenvalue weighted by molar-refractivity contribution is 9.09. The Morgan fingerprint density at radius 1 is 1.15 bits per heavy atom. The second kappa shape index (κ2) is 14.8. The van der Waals surface area contributed by atoms with E-state index in [0.717, 1.165) is 11.1 Å². The average molecular weight is 723 g/mol. The number of likely N-dealkylation sites (tertiary alicyclic amines) is 1. The molecule has 2 aromatic rings. The number of amides is 3. The maximum Gasteiger partial charge on any atom is 0.312 e. The highest BCUT2D eigenvalue weighted by Crippen LogP contribution is 2.61. The van der Waals surface area contributed by atoms with Crippen molar-refractivity contribution < 1.29 is 33.8 Å². The number of alkyl halides is 1. The van der Waals surface area contributed by atoms with Gasteiger partial charge in [-0.1, -0.05) is 76.6 Å². The number of aryl methyl sites for hydroxylation is 2. The summed E-state index contributed by atoms with van der Waals surface area (Å²) in [5, 5.41) is 13.6. The summed E-state index contributed by atoms with van der Waals surface area (Å²) < 4.78 is 12.5. The number of rotatable bonds is 14. The lowest BCUT2D eigenvalue weighted by molar-refractivity contribution is -0.159. The average Bonchev–Trinajstić information content (AvgIpc) is 3.66. The molecule has 2 aromatic carbocycles. The van der Waals surface area contributed by atoms with Crippen molar-refractivity contribution in [3.8, 4) is 0 Å². The van der Waals surface area contributed by atoms with Gasteiger partial charge >= 0.3 is 5.97 Å². The Bertz CT molecular complexity index is 1550. The number of carbonyl (C=O) groups excluding carboxylic acids is 4. The van der Waals surface area contributed by atoms with Crippen LogP contribution in [0.2, 0.25) is 0 Å². The molecule has 8 atom stereocenters. The van der Waals surface area contributed by atoms with Gasteiger partial charge in [-0.2, -0.15) is 0 Å². The third-order valence-corrected chi connectivity index (χ3v) is 10.5. The van der Waals surface area contributed by atoms with Crippen molar-refractivity contribution >= 4 is 45.3 Å². The maximum atomic E-state index is 15.1. The second-order valence-corrected chi connectivity index (χ2v) is 14.1. The van der Waals surface area contributed by atoms with Gasteiger partial charge in [0, 0.05) is 23.5 Å². The first-order chi connectivity index (χ1) is 23.0. The summed E-state index contributed by atoms with van der Waals surface area (Å²) in [6.07, 6.45) is 2.98. The number of allylic oxidation sites excluding steroid dienone is 1. The van der Waals surface area contributed by atoms with Gasteiger partial charge in [0.1, 0.15) is 17.7 Å². The quantitative estimate of drug-likeness (QED) is 0.169. The van der Waals surface area contributed by atoms with Gasteiger partial charge in [0.15, 0.2) is 0 Å². The van der Waals surface area contributed by atoms with Crippen LogP contribution >= 0.6 is 15.9 Å². The topological polar surface area (TPSA) is 125 Å². The molecule has 10 nitrogen and oxygen atoms in total. The SMILES string of the molecule is C=CCCC(=O)NC[C@H](C)OC(=O)[C@@H]1[C@H]2O[C@@]3(CC2Br)[C@H](C(=O)N(CC=C)c2c(C)cccc2C)N([C@H](CO)c2ccccc2)C(=O)[C@@H]13. The van der Waals surface area contributed by atoms with Crippen LogP contribution in [0.4, 0.5) is 5.69 Å². The van der Waals surface area contributed by atoms with Crippen molar-refractivity contribution in [2.75, 3.05) is 24.6 Å². The Hall–Kier alpha value is -3.80. The summed E-state index contributed by atoms with van der Waals surface area (Å²) in [4.78, 5) is 58.7. The first-order valence-corrected chi connectivity index (χ1v) is 17.3. The molecule has 2 N–H and O–H groups in total. The Balaban J connectivity index is 1.55. The van der Waals surface area contributed by atoms with E-state index in [1.807, 2.05) is 50.2 Å². The smallest absolute Gasteiger partial charge is 0.312 e. The van der Waals surface area contributed by atoms with Gasteiger partial charge in [-0.15, -0.1) is 13.2 Å². The lowest BCUT2D eigenvalue weighted by Crippen LogP contribution is -2.58. The summed E-state index contributed by atoms with van der Waals surface area (Å²) in [5.74, 6) is -3.71. The number of halogens is 1. The van der Waals surface area contributed by atoms with Crippen LogP contribution in [-0.2, 0) is 28.7 Å². The molecule has 3 amide bonds. The minimum absolute atomic E-state index is 0.0988. The predicted molar refractivity (Wildman–Crippen MR) is 185 cm³/mol. The van der Waals surface area contributed by atoms with Crippen LogP contribution in [-0.4, -0.2) is 82.1 Å². The van der Waals surface area contributed by atoms with Crippen molar-refractivity contribution in [1.82, 2.24) is 10.2 Å². The molecule has 48 heavy (non-hydrogen) atoms. The molecule has 3 aliphatic rings. The maximum absolute atomic E-state index is 15.1. The number of fused-ring (bicyclic) bond motifs is 1. The predicted octanol–water partition coefficient (Wildman–Crippen LogP) is 4.32. The summed E-state index contributed by atoms with van der Waals surface area (Å²) in [6, 6.07) is 12.8. The molecule has 3 saturated heterocycles. The van der Waals surface area contributed by atoms with Crippen LogP contribution in [0, 0.1) is 25.7 Å². The summed E-state index contributed by atoms with van der Waals surface area (Å²) >= 11 is 3.71. The lowest BCUT2D eigenvalue weighted by Gasteiger charge is -2.40. The van der Waals surface area contributed by atoms with Gasteiger partial charge in [0.25, 0.3) is 5.91 Å². The van der Waals surface area contributed by atoms with Crippen LogP contribution in [0.3, 0.4) is 0 Å². The number of aliphatic hydroxyl groups is 1. The Kier molecular flexibility index (Phi) is 10.9. The molecule has 0 saturated carbocycles. The van der Waals surface area contributed by atoms with Crippen LogP contribution in [0.15, 0.2) is 73.8 Å². The second-order valence-electron chi connectivity index (χ2n) is 12.9. The fraction of sp³-hybridized carbons (Fsp3) is 0.459. The molecule has 3 aliphatic heterocycles. The Morgan fingerprint density at radius 3 is 2.46 bits per heavy atom. The van der Waals surface area contributed by atoms with Gasteiger partial charge in [-0.3, -0.25) is 19.2 Å². The number of nitrogens with zero attached hydrogens (tertiary/aromatic N) is 2. The molecule has 3 fully saturated rings. The normalized spacial score (nSPS) is 26.8. The van der Waals surface area contributed by atoms with Gasteiger partial charge in [-0.05, 0) is 50.3 Å². The molecular weight excluding hydrogens is 678 g/mol. The third-order valence-electron chi connectivity index (χ3n) is 9.69. The molecule has 11 heteroatoms. The number of para-hydroxylation sites is 1. The zero-order valence-electron chi connectivity index (χ0n) is 27.6. The van der Waals surface area contributed by atoms with Gasteiger partial charge in [0.05, 0.1) is 37.1 Å². The van der Waals surface area contributed by atoms with E-state index < -0.39 is 60.2 Å². The standard InChI is InChI=1S/C37H44BrN3O7/c1-6-8-17-28(43)39-20-24(5)47-36(46)29-30-34(44)41(27(21-42)25-15-10-9-11-16-25)33(37(30)19-26(38)32(29)48-37)35(45)40(18-7-2)31-22(3)13-12-14-23(31)4/h6-7,9-16,24,26-27,29-30,32-33,42H,1-2,8,17-21H2,3-5H3,(H,39,43)/t24-,26?,27+,29-,30+,32-,33-,37+/m0/s1. The van der Waals surface area contributed by atoms with Crippen molar-refractivity contribution in [3.05, 3.63) is 90.5 Å². The summed E-state index contributed by atoms with van der Waals surface area (Å²) in [6.45, 7) is 12.9. The molecule has 1 spiro atoms. The molecule has 3 heterocycles. The number of esters is 1. The van der Waals surface area contributed by atoms with Crippen LogP contribution in [0.25, 0.3) is 0 Å². The number of carbonyl (C=O) groups is 4. The van der Waals surface area contributed by atoms with Crippen molar-refractivity contribution in [3.63, 3.8) is 0 Å². The number of nitrogens with one attached hydrogen (secondary N) is 1. The summed E-state index contributed by atoms with van der Waals surface area (Å²) in [5.41, 5.74) is 1.72. The number of hydrogen-bond acceptors (Lipinski definition) is 7. The van der Waals surface area contributed by atoms with E-state index in [2.05, 4.69) is 34.4 Å². The number of aliphatic hydroxyl groups excluding tert-OH is 1. The van der Waals surface area contributed by atoms with Gasteiger partial charge < -0.3 is 29.7 Å². The summed E-state index contributed by atoms with van der Waals surface area (Å²) in [7, 11) is 0. The number of ether oxygens (including phenoxy) is 2. The molecule has 0 radical (unpaired) electrons. The molecule has 5 rings (SSSR count).